The van der Waals surface area contributed by atoms with Crippen molar-refractivity contribution >= 4 is 25.8 Å². The summed E-state index contributed by atoms with van der Waals surface area (Å²) in [5, 5.41) is 0.716. The Morgan fingerprint density at radius 1 is 1.05 bits per heavy atom. The Morgan fingerprint density at radius 3 is 1.95 bits per heavy atom. The third-order valence-electron chi connectivity index (χ3n) is 3.48. The minimum atomic E-state index is -3.19. The van der Waals surface area contributed by atoms with E-state index in [0.717, 1.165) is 0 Å². The molecule has 0 saturated carbocycles. The Bertz CT molecular complexity index is 489. The zero-order chi connectivity index (χ0) is 14.6. The second-order valence-corrected chi connectivity index (χ2v) is 8.35. The molecule has 0 spiro atoms. The summed E-state index contributed by atoms with van der Waals surface area (Å²) in [5.41, 5.74) is 1.17. The maximum Gasteiger partial charge on any atom is 0.178 e. The highest BCUT2D eigenvalue weighted by Crippen LogP contribution is 2.22. The van der Waals surface area contributed by atoms with Crippen LogP contribution in [0.15, 0.2) is 29.2 Å². The number of rotatable bonds is 6. The lowest BCUT2D eigenvalue weighted by molar-refractivity contribution is 0.461. The van der Waals surface area contributed by atoms with Gasteiger partial charge in [-0.15, -0.1) is 0 Å². The molecule has 0 saturated heterocycles. The summed E-state index contributed by atoms with van der Waals surface area (Å²) in [5.74, 6) is 1.12. The Labute approximate surface area is 125 Å². The van der Waals surface area contributed by atoms with Gasteiger partial charge >= 0.3 is 0 Å². The van der Waals surface area contributed by atoms with Crippen molar-refractivity contribution in [3.8, 4) is 0 Å². The van der Waals surface area contributed by atoms with Crippen molar-refractivity contribution in [2.45, 2.75) is 38.5 Å². The molecule has 108 valence electrons. The van der Waals surface area contributed by atoms with Gasteiger partial charge in [0.2, 0.25) is 0 Å². The van der Waals surface area contributed by atoms with E-state index in [1.54, 1.807) is 12.1 Å². The summed E-state index contributed by atoms with van der Waals surface area (Å²) >= 11 is 3.41. The lowest BCUT2D eigenvalue weighted by atomic mass is 10.0. The number of sulfone groups is 1. The Balaban J connectivity index is 2.94. The van der Waals surface area contributed by atoms with E-state index in [1.165, 1.54) is 5.56 Å². The fourth-order valence-electron chi connectivity index (χ4n) is 1.85. The van der Waals surface area contributed by atoms with Crippen LogP contribution in [0.4, 0.5) is 0 Å². The third-order valence-corrected chi connectivity index (χ3v) is 6.17. The van der Waals surface area contributed by atoms with Gasteiger partial charge in [-0.05, 0) is 35.4 Å². The molecule has 4 heteroatoms. The van der Waals surface area contributed by atoms with Crippen molar-refractivity contribution in [3.63, 3.8) is 0 Å². The Hall–Kier alpha value is -0.350. The number of halogens is 1. The number of hydrogen-bond acceptors (Lipinski definition) is 2. The first kappa shape index (κ1) is 16.7. The molecule has 0 bridgehead atoms. The zero-order valence-electron chi connectivity index (χ0n) is 12.1. The molecule has 2 nitrogen and oxygen atoms in total. The summed E-state index contributed by atoms with van der Waals surface area (Å²) in [7, 11) is -3.19. The maximum absolute atomic E-state index is 12.4. The molecule has 0 N–H and O–H groups in total. The maximum atomic E-state index is 12.4. The zero-order valence-corrected chi connectivity index (χ0v) is 14.5. The summed E-state index contributed by atoms with van der Waals surface area (Å²) in [6, 6.07) is 7.29. The van der Waals surface area contributed by atoms with Crippen LogP contribution in [0.1, 0.15) is 39.2 Å². The van der Waals surface area contributed by atoms with Crippen molar-refractivity contribution in [2.75, 3.05) is 11.1 Å². The first-order valence-corrected chi connectivity index (χ1v) is 9.44. The first-order chi connectivity index (χ1) is 8.77. The average molecular weight is 347 g/mol. The van der Waals surface area contributed by atoms with Gasteiger partial charge in [-0.1, -0.05) is 55.8 Å². The van der Waals surface area contributed by atoms with Crippen molar-refractivity contribution in [3.05, 3.63) is 29.8 Å². The largest absolute Gasteiger partial charge is 0.224 e. The molecule has 0 aliphatic rings. The molecule has 0 heterocycles. The molecule has 0 aliphatic heterocycles. The topological polar surface area (TPSA) is 34.1 Å². The van der Waals surface area contributed by atoms with E-state index in [4.69, 9.17) is 0 Å². The molecule has 0 aliphatic carbocycles. The third kappa shape index (κ3) is 4.60. The van der Waals surface area contributed by atoms with E-state index in [9.17, 15) is 8.42 Å². The van der Waals surface area contributed by atoms with Gasteiger partial charge in [-0.3, -0.25) is 0 Å². The Morgan fingerprint density at radius 2 is 1.58 bits per heavy atom. The van der Waals surface area contributed by atoms with Gasteiger partial charge in [-0.25, -0.2) is 8.42 Å². The molecule has 1 atom stereocenters. The molecule has 1 unspecified atom stereocenters. The minimum Gasteiger partial charge on any atom is -0.224 e. The van der Waals surface area contributed by atoms with Crippen LogP contribution in [0.2, 0.25) is 0 Å². The highest BCUT2D eigenvalue weighted by Gasteiger charge is 2.22. The second-order valence-electron chi connectivity index (χ2n) is 5.66. The molecule has 0 amide bonds. The minimum absolute atomic E-state index is 0.148. The van der Waals surface area contributed by atoms with Gasteiger partial charge in [0.25, 0.3) is 0 Å². The SMILES string of the molecule is CC(C)c1ccc(S(=O)(=O)CC(CBr)C(C)C)cc1. The molecule has 0 aromatic heterocycles. The average Bonchev–Trinajstić information content (AvgIpc) is 2.35. The quantitative estimate of drug-likeness (QED) is 0.721. The van der Waals surface area contributed by atoms with Gasteiger partial charge < -0.3 is 0 Å². The van der Waals surface area contributed by atoms with E-state index in [0.29, 0.717) is 22.1 Å². The lowest BCUT2D eigenvalue weighted by Crippen LogP contribution is -2.22. The molecular formula is C15H23BrO2S. The molecule has 0 fully saturated rings. The monoisotopic (exact) mass is 346 g/mol. The van der Waals surface area contributed by atoms with Gasteiger partial charge in [0, 0.05) is 5.33 Å². The van der Waals surface area contributed by atoms with Gasteiger partial charge in [0.05, 0.1) is 10.6 Å². The van der Waals surface area contributed by atoms with Crippen LogP contribution in [0.5, 0.6) is 0 Å². The molecule has 1 aromatic rings. The summed E-state index contributed by atoms with van der Waals surface area (Å²) in [4.78, 5) is 0.434. The molecule has 1 rings (SSSR count). The van der Waals surface area contributed by atoms with Crippen molar-refractivity contribution < 1.29 is 8.42 Å². The predicted octanol–water partition coefficient (Wildman–Crippen LogP) is 4.25. The van der Waals surface area contributed by atoms with E-state index in [-0.39, 0.29) is 11.7 Å². The smallest absolute Gasteiger partial charge is 0.178 e. The number of benzene rings is 1. The van der Waals surface area contributed by atoms with Gasteiger partial charge in [0.15, 0.2) is 9.84 Å². The first-order valence-electron chi connectivity index (χ1n) is 6.66. The summed E-state index contributed by atoms with van der Waals surface area (Å²) < 4.78 is 24.7. The standard InChI is InChI=1S/C15H23BrO2S/c1-11(2)13-5-7-15(8-6-13)19(17,18)10-14(9-16)12(3)4/h5-8,11-12,14H,9-10H2,1-4H3. The van der Waals surface area contributed by atoms with E-state index < -0.39 is 9.84 Å². The van der Waals surface area contributed by atoms with Crippen LogP contribution < -0.4 is 0 Å². The number of hydrogen-bond donors (Lipinski definition) is 0. The van der Waals surface area contributed by atoms with Crippen LogP contribution >= 0.6 is 15.9 Å². The molecular weight excluding hydrogens is 324 g/mol. The lowest BCUT2D eigenvalue weighted by Gasteiger charge is -2.18. The van der Waals surface area contributed by atoms with Crippen molar-refractivity contribution in [1.82, 2.24) is 0 Å². The number of alkyl halides is 1. The predicted molar refractivity (Wildman–Crippen MR) is 84.7 cm³/mol. The molecule has 0 radical (unpaired) electrons. The highest BCUT2D eigenvalue weighted by molar-refractivity contribution is 9.09. The van der Waals surface area contributed by atoms with Crippen LogP contribution in [-0.2, 0) is 9.84 Å². The Kier molecular flexibility index (Phi) is 6.06. The summed E-state index contributed by atoms with van der Waals surface area (Å²) in [6.45, 7) is 8.32. The normalized spacial score (nSPS) is 14.1. The van der Waals surface area contributed by atoms with Crippen molar-refractivity contribution in [2.24, 2.45) is 11.8 Å². The van der Waals surface area contributed by atoms with Crippen LogP contribution in [-0.4, -0.2) is 19.5 Å². The molecule has 19 heavy (non-hydrogen) atoms. The van der Waals surface area contributed by atoms with Crippen LogP contribution in [0, 0.1) is 11.8 Å². The fraction of sp³-hybridized carbons (Fsp3) is 0.600. The van der Waals surface area contributed by atoms with E-state index in [1.807, 2.05) is 12.1 Å². The molecule has 1 aromatic carbocycles. The van der Waals surface area contributed by atoms with Gasteiger partial charge in [0.1, 0.15) is 0 Å². The van der Waals surface area contributed by atoms with E-state index >= 15 is 0 Å². The second kappa shape index (κ2) is 6.89. The van der Waals surface area contributed by atoms with E-state index in [2.05, 4.69) is 43.6 Å². The van der Waals surface area contributed by atoms with Crippen LogP contribution in [0.25, 0.3) is 0 Å². The van der Waals surface area contributed by atoms with Crippen molar-refractivity contribution in [1.29, 1.82) is 0 Å². The highest BCUT2D eigenvalue weighted by atomic mass is 79.9. The van der Waals surface area contributed by atoms with Gasteiger partial charge in [-0.2, -0.15) is 0 Å². The fourth-order valence-corrected chi connectivity index (χ4v) is 4.94. The summed E-state index contributed by atoms with van der Waals surface area (Å²) in [6.07, 6.45) is 0. The van der Waals surface area contributed by atoms with Crippen LogP contribution in [0.3, 0.4) is 0 Å².